The lowest BCUT2D eigenvalue weighted by molar-refractivity contribution is -0.144. The number of nitrogens with zero attached hydrogens (tertiary/aromatic N) is 1. The van der Waals surface area contributed by atoms with Crippen LogP contribution < -0.4 is 4.74 Å². The molecule has 0 saturated carbocycles. The molecule has 0 aromatic carbocycles. The van der Waals surface area contributed by atoms with E-state index >= 15 is 0 Å². The Balaban J connectivity index is -0.000000430. The number of esters is 2. The number of hydrogen-bond donors (Lipinski definition) is 1. The lowest BCUT2D eigenvalue weighted by Gasteiger charge is -2.05. The van der Waals surface area contributed by atoms with Crippen molar-refractivity contribution < 1.29 is 38.5 Å². The van der Waals surface area contributed by atoms with Crippen LogP contribution in [-0.2, 0) is 28.7 Å². The van der Waals surface area contributed by atoms with Gasteiger partial charge in [-0.3, -0.25) is 19.4 Å². The van der Waals surface area contributed by atoms with Crippen molar-refractivity contribution in [3.05, 3.63) is 37.2 Å². The molecule has 0 bridgehead atoms. The first-order valence-corrected chi connectivity index (χ1v) is 9.84. The topological polar surface area (TPSA) is 129 Å². The SMILES string of the molecule is C.C=CC(=O)OCCC(C)=O.CC(=O)CCO.CCCOC(=O)CCOc1cccnc1. The van der Waals surface area contributed by atoms with E-state index in [1.54, 1.807) is 24.5 Å². The van der Waals surface area contributed by atoms with Gasteiger partial charge in [0, 0.05) is 31.7 Å². The van der Waals surface area contributed by atoms with Gasteiger partial charge in [-0.1, -0.05) is 20.9 Å². The van der Waals surface area contributed by atoms with Crippen LogP contribution in [0.5, 0.6) is 5.75 Å². The number of hydrogen-bond acceptors (Lipinski definition) is 9. The predicted octanol–water partition coefficient (Wildman–Crippen LogP) is 3.09. The largest absolute Gasteiger partial charge is 0.491 e. The number of aliphatic hydroxyl groups excluding tert-OH is 1. The summed E-state index contributed by atoms with van der Waals surface area (Å²) in [6.45, 7) is 9.00. The lowest BCUT2D eigenvalue weighted by Crippen LogP contribution is -2.10. The van der Waals surface area contributed by atoms with E-state index in [1.807, 2.05) is 6.92 Å². The summed E-state index contributed by atoms with van der Waals surface area (Å²) in [6, 6.07) is 3.58. The molecule has 0 atom stereocenters. The Morgan fingerprint density at radius 3 is 2.12 bits per heavy atom. The zero-order valence-electron chi connectivity index (χ0n) is 18.5. The Bertz CT molecular complexity index is 647. The zero-order chi connectivity index (χ0) is 23.9. The number of pyridine rings is 1. The highest BCUT2D eigenvalue weighted by molar-refractivity contribution is 5.81. The smallest absolute Gasteiger partial charge is 0.330 e. The molecule has 9 nitrogen and oxygen atoms in total. The van der Waals surface area contributed by atoms with Crippen molar-refractivity contribution in [3.63, 3.8) is 0 Å². The fourth-order valence-corrected chi connectivity index (χ4v) is 1.48. The molecular formula is C23H37NO8. The fraction of sp³-hybridized carbons (Fsp3) is 0.522. The molecule has 1 aromatic rings. The summed E-state index contributed by atoms with van der Waals surface area (Å²) in [5, 5.41) is 8.02. The number of aliphatic hydroxyl groups is 1. The van der Waals surface area contributed by atoms with Crippen LogP contribution in [0.3, 0.4) is 0 Å². The second-order valence-corrected chi connectivity index (χ2v) is 6.01. The average molecular weight is 456 g/mol. The Hall–Kier alpha value is -3.07. The summed E-state index contributed by atoms with van der Waals surface area (Å²) < 4.78 is 14.7. The molecule has 32 heavy (non-hydrogen) atoms. The van der Waals surface area contributed by atoms with Gasteiger partial charge >= 0.3 is 11.9 Å². The van der Waals surface area contributed by atoms with Crippen molar-refractivity contribution in [1.29, 1.82) is 0 Å². The van der Waals surface area contributed by atoms with Crippen molar-refractivity contribution in [2.24, 2.45) is 0 Å². The van der Waals surface area contributed by atoms with Gasteiger partial charge in [0.25, 0.3) is 0 Å². The van der Waals surface area contributed by atoms with E-state index in [2.05, 4.69) is 16.3 Å². The first kappa shape index (κ1) is 33.6. The van der Waals surface area contributed by atoms with Crippen molar-refractivity contribution in [2.45, 2.75) is 53.9 Å². The maximum atomic E-state index is 11.1. The van der Waals surface area contributed by atoms with E-state index in [0.29, 0.717) is 25.4 Å². The van der Waals surface area contributed by atoms with E-state index in [9.17, 15) is 19.2 Å². The molecule has 1 aromatic heterocycles. The third kappa shape index (κ3) is 26.9. The molecule has 0 amide bonds. The highest BCUT2D eigenvalue weighted by Crippen LogP contribution is 2.06. The van der Waals surface area contributed by atoms with Crippen molar-refractivity contribution in [1.82, 2.24) is 4.98 Å². The number of Topliss-reactive ketones (excluding diaryl/α,β-unsaturated/α-hetero) is 2. The molecule has 0 spiro atoms. The maximum absolute atomic E-state index is 11.1. The molecule has 0 aliphatic carbocycles. The van der Waals surface area contributed by atoms with E-state index < -0.39 is 5.97 Å². The van der Waals surface area contributed by atoms with Gasteiger partial charge in [0.05, 0.1) is 32.4 Å². The Kier molecular flexibility index (Phi) is 25.4. The van der Waals surface area contributed by atoms with Gasteiger partial charge in [-0.25, -0.2) is 4.79 Å². The second kappa shape index (κ2) is 24.2. The molecule has 0 aliphatic rings. The number of carbonyl (C=O) groups excluding carboxylic acids is 4. The van der Waals surface area contributed by atoms with Crippen molar-refractivity contribution in [3.8, 4) is 5.75 Å². The van der Waals surface area contributed by atoms with Gasteiger partial charge in [0.2, 0.25) is 0 Å². The number of rotatable bonds is 12. The molecule has 1 N–H and O–H groups in total. The molecule has 1 heterocycles. The Morgan fingerprint density at radius 2 is 1.69 bits per heavy atom. The van der Waals surface area contributed by atoms with E-state index in [4.69, 9.17) is 14.6 Å². The van der Waals surface area contributed by atoms with Gasteiger partial charge in [-0.05, 0) is 32.4 Å². The monoisotopic (exact) mass is 455 g/mol. The van der Waals surface area contributed by atoms with E-state index in [-0.39, 0.29) is 51.0 Å². The molecule has 0 radical (unpaired) electrons. The fourth-order valence-electron chi connectivity index (χ4n) is 1.48. The van der Waals surface area contributed by atoms with Crippen LogP contribution >= 0.6 is 0 Å². The first-order chi connectivity index (χ1) is 14.8. The molecule has 182 valence electrons. The molecule has 0 fully saturated rings. The molecule has 0 aliphatic heterocycles. The summed E-state index contributed by atoms with van der Waals surface area (Å²) >= 11 is 0. The summed E-state index contributed by atoms with van der Waals surface area (Å²) in [7, 11) is 0. The molecule has 9 heteroatoms. The van der Waals surface area contributed by atoms with Crippen molar-refractivity contribution >= 4 is 23.5 Å². The number of ketones is 2. The van der Waals surface area contributed by atoms with Crippen LogP contribution in [0, 0.1) is 0 Å². The number of aromatic nitrogens is 1. The zero-order valence-corrected chi connectivity index (χ0v) is 18.5. The van der Waals surface area contributed by atoms with Crippen LogP contribution in [-0.4, -0.2) is 60.0 Å². The number of ether oxygens (including phenoxy) is 3. The molecule has 0 saturated heterocycles. The van der Waals surface area contributed by atoms with E-state index in [0.717, 1.165) is 12.5 Å². The first-order valence-electron chi connectivity index (χ1n) is 9.84. The summed E-state index contributed by atoms with van der Waals surface area (Å²) in [5.74, 6) is 0.0112. The van der Waals surface area contributed by atoms with Gasteiger partial charge in [-0.2, -0.15) is 0 Å². The minimum Gasteiger partial charge on any atom is -0.491 e. The molecule has 0 unspecified atom stereocenters. The highest BCUT2D eigenvalue weighted by Gasteiger charge is 2.02. The lowest BCUT2D eigenvalue weighted by atomic mass is 10.3. The van der Waals surface area contributed by atoms with Crippen LogP contribution in [0.1, 0.15) is 53.9 Å². The van der Waals surface area contributed by atoms with Gasteiger partial charge < -0.3 is 19.3 Å². The van der Waals surface area contributed by atoms with Crippen LogP contribution in [0.25, 0.3) is 0 Å². The second-order valence-electron chi connectivity index (χ2n) is 6.01. The van der Waals surface area contributed by atoms with E-state index in [1.165, 1.54) is 13.8 Å². The highest BCUT2D eigenvalue weighted by atomic mass is 16.5. The van der Waals surface area contributed by atoms with Crippen LogP contribution in [0.4, 0.5) is 0 Å². The predicted molar refractivity (Wildman–Crippen MR) is 121 cm³/mol. The standard InChI is InChI=1S/C11H15NO3.C7H10O3.C4H8O2.CH4/c1-2-7-15-11(13)5-8-14-10-4-3-6-12-9-10;1-3-7(9)10-5-4-6(2)8;1-4(6)2-3-5;/h3-4,6,9H,2,5,7-8H2,1H3;3H,1,4-5H2,2H3;5H,2-3H2,1H3;1H4. The summed E-state index contributed by atoms with van der Waals surface area (Å²) in [6.07, 6.45) is 6.03. The maximum Gasteiger partial charge on any atom is 0.330 e. The number of carbonyl (C=O) groups is 4. The van der Waals surface area contributed by atoms with Gasteiger partial charge in [0.1, 0.15) is 17.3 Å². The minimum atomic E-state index is -0.485. The normalized spacial score (nSPS) is 8.75. The van der Waals surface area contributed by atoms with Gasteiger partial charge in [-0.15, -0.1) is 0 Å². The summed E-state index contributed by atoms with van der Waals surface area (Å²) in [5.41, 5.74) is 0. The van der Waals surface area contributed by atoms with Crippen LogP contribution in [0.15, 0.2) is 37.2 Å². The van der Waals surface area contributed by atoms with Crippen LogP contribution in [0.2, 0.25) is 0 Å². The Labute approximate surface area is 190 Å². The Morgan fingerprint density at radius 1 is 1.03 bits per heavy atom. The summed E-state index contributed by atoms with van der Waals surface area (Å²) in [4.78, 5) is 45.5. The average Bonchev–Trinajstić information content (AvgIpc) is 2.73. The molecule has 1 rings (SSSR count). The molecular weight excluding hydrogens is 418 g/mol. The van der Waals surface area contributed by atoms with Crippen molar-refractivity contribution in [2.75, 3.05) is 26.4 Å². The van der Waals surface area contributed by atoms with Gasteiger partial charge in [0.15, 0.2) is 0 Å². The quantitative estimate of drug-likeness (QED) is 0.373. The third-order valence-electron chi connectivity index (χ3n) is 3.01. The third-order valence-corrected chi connectivity index (χ3v) is 3.01. The minimum absolute atomic E-state index is 0.